The minimum Gasteiger partial charge on any atom is -0.317 e. The Morgan fingerprint density at radius 1 is 1.11 bits per heavy atom. The lowest BCUT2D eigenvalue weighted by Gasteiger charge is -2.20. The molecule has 0 spiro atoms. The van der Waals surface area contributed by atoms with Gasteiger partial charge in [0.25, 0.3) is 0 Å². The van der Waals surface area contributed by atoms with Crippen molar-refractivity contribution in [3.05, 3.63) is 30.3 Å². The van der Waals surface area contributed by atoms with Crippen LogP contribution in [-0.2, 0) is 0 Å². The third-order valence-corrected chi connectivity index (χ3v) is 5.37. The molecule has 6 heteroatoms. The number of hydrogen-bond acceptors (Lipinski definition) is 5. The number of aromatic nitrogens is 2. The largest absolute Gasteiger partial charge is 0.317 e. The summed E-state index contributed by atoms with van der Waals surface area (Å²) in [5, 5.41) is 13.7. The van der Waals surface area contributed by atoms with Gasteiger partial charge in [0.1, 0.15) is 5.01 Å². The first-order chi connectivity index (χ1) is 8.92. The Morgan fingerprint density at radius 2 is 1.84 bits per heavy atom. The van der Waals surface area contributed by atoms with Crippen LogP contribution in [0.5, 0.6) is 0 Å². The quantitative estimate of drug-likeness (QED) is 0.941. The van der Waals surface area contributed by atoms with Crippen molar-refractivity contribution in [1.29, 1.82) is 0 Å². The van der Waals surface area contributed by atoms with E-state index < -0.39 is 0 Å². The average Bonchev–Trinajstić information content (AvgIpc) is 2.89. The van der Waals surface area contributed by atoms with Gasteiger partial charge in [-0.2, -0.15) is 0 Å². The van der Waals surface area contributed by atoms with E-state index in [1.807, 2.05) is 30.0 Å². The molecule has 2 aromatic rings. The van der Waals surface area contributed by atoms with Crippen LogP contribution >= 0.6 is 35.5 Å². The summed E-state index contributed by atoms with van der Waals surface area (Å²) in [6.45, 7) is 2.25. The molecule has 19 heavy (non-hydrogen) atoms. The molecule has 0 atom stereocenters. The zero-order valence-corrected chi connectivity index (χ0v) is 12.9. The Labute approximate surface area is 127 Å². The Hall–Kier alpha value is -0.620. The second kappa shape index (κ2) is 7.24. The number of hydrogen-bond donors (Lipinski definition) is 1. The molecule has 0 amide bonds. The number of nitrogens with one attached hydrogen (secondary N) is 1. The lowest BCUT2D eigenvalue weighted by atomic mass is 10.2. The third kappa shape index (κ3) is 3.92. The molecule has 1 fully saturated rings. The van der Waals surface area contributed by atoms with Gasteiger partial charge in [-0.15, -0.1) is 22.6 Å². The van der Waals surface area contributed by atoms with Crippen molar-refractivity contribution in [3.63, 3.8) is 0 Å². The van der Waals surface area contributed by atoms with Crippen molar-refractivity contribution >= 4 is 35.5 Å². The van der Waals surface area contributed by atoms with Gasteiger partial charge in [0.2, 0.25) is 0 Å². The molecule has 0 saturated carbocycles. The smallest absolute Gasteiger partial charge is 0.174 e. The van der Waals surface area contributed by atoms with E-state index in [4.69, 9.17) is 0 Å². The summed E-state index contributed by atoms with van der Waals surface area (Å²) >= 11 is 3.58. The van der Waals surface area contributed by atoms with Crippen LogP contribution in [0.1, 0.15) is 12.8 Å². The normalized spacial score (nSPS) is 16.0. The molecule has 3 nitrogen and oxygen atoms in total. The molecule has 0 aliphatic carbocycles. The van der Waals surface area contributed by atoms with Crippen molar-refractivity contribution in [3.8, 4) is 10.6 Å². The Balaban J connectivity index is 0.00000133. The highest BCUT2D eigenvalue weighted by atomic mass is 35.5. The second-order valence-electron chi connectivity index (χ2n) is 4.31. The lowest BCUT2D eigenvalue weighted by molar-refractivity contribution is 0.531. The van der Waals surface area contributed by atoms with Crippen LogP contribution in [0.3, 0.4) is 0 Å². The minimum absolute atomic E-state index is 0. The molecular formula is C13H16ClN3S2. The summed E-state index contributed by atoms with van der Waals surface area (Å²) in [4.78, 5) is 0. The second-order valence-corrected chi connectivity index (χ2v) is 6.83. The molecule has 102 valence electrons. The summed E-state index contributed by atoms with van der Waals surface area (Å²) in [5.74, 6) is 0. The number of nitrogens with zero attached hydrogens (tertiary/aromatic N) is 2. The predicted molar refractivity (Wildman–Crippen MR) is 84.3 cm³/mol. The number of piperidine rings is 1. The minimum atomic E-state index is 0. The van der Waals surface area contributed by atoms with Gasteiger partial charge in [-0.05, 0) is 25.9 Å². The fourth-order valence-corrected chi connectivity index (χ4v) is 4.28. The van der Waals surface area contributed by atoms with Crippen LogP contribution in [0.2, 0.25) is 0 Å². The van der Waals surface area contributed by atoms with E-state index in [2.05, 4.69) is 27.6 Å². The molecule has 1 aromatic carbocycles. The van der Waals surface area contributed by atoms with Gasteiger partial charge in [-0.25, -0.2) is 0 Å². The molecule has 1 aliphatic heterocycles. The molecule has 0 unspecified atom stereocenters. The molecule has 1 N–H and O–H groups in total. The highest BCUT2D eigenvalue weighted by Crippen LogP contribution is 2.34. The van der Waals surface area contributed by atoms with E-state index >= 15 is 0 Å². The van der Waals surface area contributed by atoms with Crippen LogP contribution in [0.15, 0.2) is 34.7 Å². The van der Waals surface area contributed by atoms with Crippen molar-refractivity contribution in [2.45, 2.75) is 22.4 Å². The molecule has 3 rings (SSSR count). The summed E-state index contributed by atoms with van der Waals surface area (Å²) in [5.41, 5.74) is 1.16. The molecule has 0 radical (unpaired) electrons. The van der Waals surface area contributed by atoms with Gasteiger partial charge in [0, 0.05) is 10.8 Å². The fourth-order valence-electron chi connectivity index (χ4n) is 2.01. The molecule has 1 saturated heterocycles. The molecular weight excluding hydrogens is 298 g/mol. The SMILES string of the molecule is Cl.c1ccc(-c2nnc(SC3CCNCC3)s2)cc1. The molecule has 1 aromatic heterocycles. The van der Waals surface area contributed by atoms with E-state index in [1.54, 1.807) is 11.3 Å². The van der Waals surface area contributed by atoms with Crippen molar-refractivity contribution < 1.29 is 0 Å². The van der Waals surface area contributed by atoms with E-state index in [1.165, 1.54) is 12.8 Å². The van der Waals surface area contributed by atoms with Crippen LogP contribution < -0.4 is 5.32 Å². The Morgan fingerprint density at radius 3 is 2.58 bits per heavy atom. The Bertz CT molecular complexity index is 498. The van der Waals surface area contributed by atoms with Crippen molar-refractivity contribution in [2.75, 3.05) is 13.1 Å². The summed E-state index contributed by atoms with van der Waals surface area (Å²) < 4.78 is 1.10. The predicted octanol–water partition coefficient (Wildman–Crippen LogP) is 3.47. The summed E-state index contributed by atoms with van der Waals surface area (Å²) in [7, 11) is 0. The maximum Gasteiger partial charge on any atom is 0.174 e. The van der Waals surface area contributed by atoms with Crippen LogP contribution in [0.25, 0.3) is 10.6 Å². The first kappa shape index (κ1) is 14.8. The monoisotopic (exact) mass is 313 g/mol. The number of thioether (sulfide) groups is 1. The van der Waals surface area contributed by atoms with Gasteiger partial charge in [0.15, 0.2) is 4.34 Å². The van der Waals surface area contributed by atoms with Crippen LogP contribution in [-0.4, -0.2) is 28.5 Å². The summed E-state index contributed by atoms with van der Waals surface area (Å²) in [6, 6.07) is 10.3. The number of benzene rings is 1. The maximum atomic E-state index is 4.30. The molecule has 1 aliphatic rings. The maximum absolute atomic E-state index is 4.30. The van der Waals surface area contributed by atoms with Gasteiger partial charge in [0.05, 0.1) is 0 Å². The van der Waals surface area contributed by atoms with Gasteiger partial charge in [-0.1, -0.05) is 53.4 Å². The highest BCUT2D eigenvalue weighted by molar-refractivity contribution is 8.01. The third-order valence-electron chi connectivity index (χ3n) is 2.98. The average molecular weight is 314 g/mol. The van der Waals surface area contributed by atoms with E-state index in [0.29, 0.717) is 5.25 Å². The van der Waals surface area contributed by atoms with E-state index in [-0.39, 0.29) is 12.4 Å². The first-order valence-corrected chi connectivity index (χ1v) is 7.88. The topological polar surface area (TPSA) is 37.8 Å². The van der Waals surface area contributed by atoms with Gasteiger partial charge in [-0.3, -0.25) is 0 Å². The number of halogens is 1. The summed E-state index contributed by atoms with van der Waals surface area (Å²) in [6.07, 6.45) is 2.45. The molecule has 2 heterocycles. The van der Waals surface area contributed by atoms with Crippen LogP contribution in [0.4, 0.5) is 0 Å². The number of rotatable bonds is 3. The highest BCUT2D eigenvalue weighted by Gasteiger charge is 2.16. The van der Waals surface area contributed by atoms with Crippen molar-refractivity contribution in [1.82, 2.24) is 15.5 Å². The van der Waals surface area contributed by atoms with Crippen LogP contribution in [0, 0.1) is 0 Å². The zero-order valence-electron chi connectivity index (χ0n) is 10.4. The Kier molecular flexibility index (Phi) is 5.63. The first-order valence-electron chi connectivity index (χ1n) is 6.18. The molecule has 0 bridgehead atoms. The zero-order chi connectivity index (χ0) is 12.2. The standard InChI is InChI=1S/C13H15N3S2.ClH/c1-2-4-10(5-3-1)12-15-16-13(18-12)17-11-6-8-14-9-7-11;/h1-5,11,14H,6-9H2;1H. The van der Waals surface area contributed by atoms with E-state index in [9.17, 15) is 0 Å². The van der Waals surface area contributed by atoms with Gasteiger partial charge < -0.3 is 5.32 Å². The fraction of sp³-hybridized carbons (Fsp3) is 0.385. The van der Waals surface area contributed by atoms with E-state index in [0.717, 1.165) is 28.0 Å². The van der Waals surface area contributed by atoms with Gasteiger partial charge >= 0.3 is 0 Å². The lowest BCUT2D eigenvalue weighted by Crippen LogP contribution is -2.29. The van der Waals surface area contributed by atoms with Crippen molar-refractivity contribution in [2.24, 2.45) is 0 Å².